The Hall–Kier alpha value is -1.29. The van der Waals surface area contributed by atoms with Crippen LogP contribution in [0.25, 0.3) is 0 Å². The van der Waals surface area contributed by atoms with Crippen molar-refractivity contribution in [3.8, 4) is 0 Å². The van der Waals surface area contributed by atoms with Crippen molar-refractivity contribution in [2.45, 2.75) is 187 Å². The molecule has 48 heavy (non-hydrogen) atoms. The van der Waals surface area contributed by atoms with Crippen molar-refractivity contribution >= 4 is 19.8 Å². The van der Waals surface area contributed by atoms with Gasteiger partial charge >= 0.3 is 19.8 Å². The summed E-state index contributed by atoms with van der Waals surface area (Å²) in [6, 6.07) is 0. The van der Waals surface area contributed by atoms with Crippen LogP contribution in [0.3, 0.4) is 0 Å². The number of carbonyl (C=O) groups is 2. The molecule has 0 saturated carbocycles. The van der Waals surface area contributed by atoms with Crippen molar-refractivity contribution in [3.05, 3.63) is 12.2 Å². The van der Waals surface area contributed by atoms with Crippen molar-refractivity contribution in [1.29, 1.82) is 0 Å². The fourth-order valence-electron chi connectivity index (χ4n) is 5.16. The smallest absolute Gasteiger partial charge is 0.462 e. The highest BCUT2D eigenvalue weighted by molar-refractivity contribution is 7.47. The van der Waals surface area contributed by atoms with E-state index >= 15 is 0 Å². The first-order chi connectivity index (χ1) is 23.2. The molecule has 0 heterocycles. The second-order valence-corrected chi connectivity index (χ2v) is 14.4. The minimum absolute atomic E-state index is 0.187. The SMILES string of the molecule is CCCCCCC/C=C\CCCCCCCC(=O)OC[C@H](COP(=O)(O)OC[C@@H](O)CO)OC(=O)CCCCCCCCCCCCC. The maximum atomic E-state index is 12.5. The van der Waals surface area contributed by atoms with Crippen molar-refractivity contribution < 1.29 is 47.8 Å². The lowest BCUT2D eigenvalue weighted by Crippen LogP contribution is -2.29. The second-order valence-electron chi connectivity index (χ2n) is 13.0. The van der Waals surface area contributed by atoms with Gasteiger partial charge in [0.2, 0.25) is 0 Å². The molecule has 11 heteroatoms. The molecular formula is C37H71O10P. The van der Waals surface area contributed by atoms with Gasteiger partial charge in [-0.05, 0) is 38.5 Å². The van der Waals surface area contributed by atoms with E-state index in [4.69, 9.17) is 19.1 Å². The zero-order valence-electron chi connectivity index (χ0n) is 30.5. The van der Waals surface area contributed by atoms with Gasteiger partial charge in [-0.3, -0.25) is 18.6 Å². The first-order valence-corrected chi connectivity index (χ1v) is 20.6. The molecule has 284 valence electrons. The Bertz CT molecular complexity index is 822. The van der Waals surface area contributed by atoms with Crippen LogP contribution in [-0.2, 0) is 32.7 Å². The molecule has 0 aliphatic heterocycles. The lowest BCUT2D eigenvalue weighted by molar-refractivity contribution is -0.161. The number of phosphoric ester groups is 1. The number of ether oxygens (including phenoxy) is 2. The van der Waals surface area contributed by atoms with E-state index in [2.05, 4.69) is 30.5 Å². The molecule has 3 N–H and O–H groups in total. The molecule has 0 aliphatic rings. The highest BCUT2D eigenvalue weighted by Crippen LogP contribution is 2.43. The van der Waals surface area contributed by atoms with Gasteiger partial charge in [0.15, 0.2) is 6.10 Å². The largest absolute Gasteiger partial charge is 0.472 e. The minimum Gasteiger partial charge on any atom is -0.462 e. The Morgan fingerprint density at radius 2 is 1.02 bits per heavy atom. The van der Waals surface area contributed by atoms with Crippen LogP contribution in [0.2, 0.25) is 0 Å². The van der Waals surface area contributed by atoms with Crippen LogP contribution in [0, 0.1) is 0 Å². The number of hydrogen-bond acceptors (Lipinski definition) is 9. The van der Waals surface area contributed by atoms with Gasteiger partial charge in [0, 0.05) is 12.8 Å². The van der Waals surface area contributed by atoms with Gasteiger partial charge in [-0.15, -0.1) is 0 Å². The standard InChI is InChI=1S/C37H71O10P/c1-3-5-7-9-11-13-15-16-17-19-20-22-24-26-28-36(40)44-32-35(33-46-48(42,43)45-31-34(39)30-38)47-37(41)29-27-25-23-21-18-14-12-10-8-6-4-2/h15-16,34-35,38-39H,3-14,17-33H2,1-2H3,(H,42,43)/b16-15-/t34-,35+/m0/s1. The summed E-state index contributed by atoms with van der Waals surface area (Å²) in [4.78, 5) is 34.8. The van der Waals surface area contributed by atoms with Crippen LogP contribution < -0.4 is 0 Å². The quantitative estimate of drug-likeness (QED) is 0.0249. The van der Waals surface area contributed by atoms with E-state index < -0.39 is 51.8 Å². The molecule has 10 nitrogen and oxygen atoms in total. The Labute approximate surface area is 292 Å². The molecule has 3 atom stereocenters. The molecule has 1 unspecified atom stereocenters. The highest BCUT2D eigenvalue weighted by Gasteiger charge is 2.27. The molecule has 0 aromatic rings. The highest BCUT2D eigenvalue weighted by atomic mass is 31.2. The van der Waals surface area contributed by atoms with E-state index in [0.29, 0.717) is 12.8 Å². The Morgan fingerprint density at radius 3 is 1.50 bits per heavy atom. The van der Waals surface area contributed by atoms with Crippen molar-refractivity contribution in [2.75, 3.05) is 26.4 Å². The van der Waals surface area contributed by atoms with Crippen molar-refractivity contribution in [1.82, 2.24) is 0 Å². The van der Waals surface area contributed by atoms with E-state index in [9.17, 15) is 24.2 Å². The maximum Gasteiger partial charge on any atom is 0.472 e. The number of aliphatic hydroxyl groups is 2. The fourth-order valence-corrected chi connectivity index (χ4v) is 5.95. The van der Waals surface area contributed by atoms with Gasteiger partial charge in [-0.25, -0.2) is 4.57 Å². The molecule has 0 aromatic heterocycles. The number of carbonyl (C=O) groups excluding carboxylic acids is 2. The number of esters is 2. The van der Waals surface area contributed by atoms with Gasteiger partial charge in [0.25, 0.3) is 0 Å². The Kier molecular flexibility index (Phi) is 33.3. The summed E-state index contributed by atoms with van der Waals surface area (Å²) in [7, 11) is -4.60. The monoisotopic (exact) mass is 706 g/mol. The molecule has 0 bridgehead atoms. The summed E-state index contributed by atoms with van der Waals surface area (Å²) in [6.07, 6.45) is 28.9. The second kappa shape index (κ2) is 34.2. The predicted molar refractivity (Wildman–Crippen MR) is 192 cm³/mol. The molecule has 0 amide bonds. The molecule has 0 rings (SSSR count). The first kappa shape index (κ1) is 46.7. The van der Waals surface area contributed by atoms with Gasteiger partial charge in [-0.2, -0.15) is 0 Å². The summed E-state index contributed by atoms with van der Waals surface area (Å²) in [5.41, 5.74) is 0. The minimum atomic E-state index is -4.60. The summed E-state index contributed by atoms with van der Waals surface area (Å²) in [5.74, 6) is -0.931. The number of aliphatic hydroxyl groups excluding tert-OH is 2. The average molecular weight is 707 g/mol. The van der Waals surface area contributed by atoms with Gasteiger partial charge < -0.3 is 24.6 Å². The third-order valence-corrected chi connectivity index (χ3v) is 9.12. The fraction of sp³-hybridized carbons (Fsp3) is 0.892. The number of unbranched alkanes of at least 4 members (excludes halogenated alkanes) is 20. The number of rotatable bonds is 36. The van der Waals surface area contributed by atoms with Crippen molar-refractivity contribution in [3.63, 3.8) is 0 Å². The lowest BCUT2D eigenvalue weighted by Gasteiger charge is -2.20. The van der Waals surface area contributed by atoms with Crippen LogP contribution in [-0.4, -0.2) is 65.7 Å². The molecule has 0 aliphatic carbocycles. The molecule has 0 saturated heterocycles. The maximum absolute atomic E-state index is 12.5. The summed E-state index contributed by atoms with van der Waals surface area (Å²) >= 11 is 0. The van der Waals surface area contributed by atoms with Gasteiger partial charge in [0.05, 0.1) is 19.8 Å². The zero-order chi connectivity index (χ0) is 35.6. The van der Waals surface area contributed by atoms with E-state index in [-0.39, 0.29) is 19.4 Å². The predicted octanol–water partition coefficient (Wildman–Crippen LogP) is 9.28. The first-order valence-electron chi connectivity index (χ1n) is 19.1. The van der Waals surface area contributed by atoms with Crippen LogP contribution in [0.5, 0.6) is 0 Å². The van der Waals surface area contributed by atoms with Crippen molar-refractivity contribution in [2.24, 2.45) is 0 Å². The Balaban J connectivity index is 4.36. The number of phosphoric acid groups is 1. The topological polar surface area (TPSA) is 149 Å². The van der Waals surface area contributed by atoms with E-state index in [0.717, 1.165) is 51.4 Å². The zero-order valence-corrected chi connectivity index (χ0v) is 31.4. The number of hydrogen-bond donors (Lipinski definition) is 3. The average Bonchev–Trinajstić information content (AvgIpc) is 3.07. The summed E-state index contributed by atoms with van der Waals surface area (Å²) < 4.78 is 32.5. The van der Waals surface area contributed by atoms with Crippen LogP contribution in [0.15, 0.2) is 12.2 Å². The molecule has 0 fully saturated rings. The third kappa shape index (κ3) is 33.2. The lowest BCUT2D eigenvalue weighted by atomic mass is 10.1. The normalized spacial score (nSPS) is 14.2. The third-order valence-electron chi connectivity index (χ3n) is 8.17. The Morgan fingerprint density at radius 1 is 0.604 bits per heavy atom. The van der Waals surface area contributed by atoms with Gasteiger partial charge in [-0.1, -0.05) is 135 Å². The molecule has 0 aromatic carbocycles. The molecular weight excluding hydrogens is 635 g/mol. The van der Waals surface area contributed by atoms with E-state index in [1.807, 2.05) is 0 Å². The van der Waals surface area contributed by atoms with Crippen LogP contribution in [0.1, 0.15) is 174 Å². The van der Waals surface area contributed by atoms with E-state index in [1.54, 1.807) is 0 Å². The van der Waals surface area contributed by atoms with Gasteiger partial charge in [0.1, 0.15) is 12.7 Å². The summed E-state index contributed by atoms with van der Waals surface area (Å²) in [5, 5.41) is 18.2. The van der Waals surface area contributed by atoms with E-state index in [1.165, 1.54) is 83.5 Å². The summed E-state index contributed by atoms with van der Waals surface area (Å²) in [6.45, 7) is 2.34. The van der Waals surface area contributed by atoms with Crippen LogP contribution >= 0.6 is 7.82 Å². The van der Waals surface area contributed by atoms with Crippen LogP contribution in [0.4, 0.5) is 0 Å². The molecule has 0 spiro atoms. The number of allylic oxidation sites excluding steroid dienone is 2. The molecule has 0 radical (unpaired) electrons.